The number of nitrogens with zero attached hydrogens (tertiary/aromatic N) is 3. The van der Waals surface area contributed by atoms with Crippen LogP contribution in [-0.2, 0) is 23.1 Å². The molecule has 1 amide bonds. The molecule has 1 saturated heterocycles. The molecule has 4 nitrogen and oxygen atoms in total. The third-order valence-corrected chi connectivity index (χ3v) is 11.5. The zero-order valence-electron chi connectivity index (χ0n) is 19.8. The van der Waals surface area contributed by atoms with Gasteiger partial charge in [-0.1, -0.05) is 18.7 Å². The highest BCUT2D eigenvalue weighted by Crippen LogP contribution is 2.60. The van der Waals surface area contributed by atoms with Crippen LogP contribution in [0.25, 0.3) is 10.2 Å². The van der Waals surface area contributed by atoms with E-state index in [0.29, 0.717) is 11.7 Å². The van der Waals surface area contributed by atoms with Gasteiger partial charge in [0.1, 0.15) is 15.7 Å². The molecule has 176 valence electrons. The summed E-state index contributed by atoms with van der Waals surface area (Å²) in [5.41, 5.74) is 1.70. The van der Waals surface area contributed by atoms with Crippen molar-refractivity contribution in [1.29, 1.82) is 0 Å². The monoisotopic (exact) mass is 481 g/mol. The van der Waals surface area contributed by atoms with Gasteiger partial charge in [-0.15, -0.1) is 11.3 Å². The summed E-state index contributed by atoms with van der Waals surface area (Å²) < 4.78 is 0. The fourth-order valence-electron chi connectivity index (χ4n) is 8.22. The Morgan fingerprint density at radius 3 is 2.48 bits per heavy atom. The van der Waals surface area contributed by atoms with Crippen LogP contribution in [0.4, 0.5) is 0 Å². The summed E-state index contributed by atoms with van der Waals surface area (Å²) >= 11 is 3.64. The van der Waals surface area contributed by atoms with Crippen molar-refractivity contribution in [2.75, 3.05) is 18.8 Å². The Morgan fingerprint density at radius 2 is 1.79 bits per heavy atom. The van der Waals surface area contributed by atoms with Crippen molar-refractivity contribution in [3.8, 4) is 0 Å². The number of aromatic nitrogens is 2. The summed E-state index contributed by atoms with van der Waals surface area (Å²) in [4.78, 5) is 28.4. The average molecular weight is 482 g/mol. The van der Waals surface area contributed by atoms with E-state index < -0.39 is 0 Å². The van der Waals surface area contributed by atoms with Gasteiger partial charge >= 0.3 is 0 Å². The number of fused-ring (bicyclic) bond motifs is 3. The lowest BCUT2D eigenvalue weighted by Gasteiger charge is -2.56. The lowest BCUT2D eigenvalue weighted by Crippen LogP contribution is -2.49. The summed E-state index contributed by atoms with van der Waals surface area (Å²) in [5, 5.41) is 2.42. The maximum absolute atomic E-state index is 12.9. The second-order valence-corrected chi connectivity index (χ2v) is 14.0. The fourth-order valence-corrected chi connectivity index (χ4v) is 10.6. The van der Waals surface area contributed by atoms with E-state index in [-0.39, 0.29) is 5.41 Å². The zero-order chi connectivity index (χ0) is 22.2. The Bertz CT molecular complexity index is 1070. The van der Waals surface area contributed by atoms with E-state index in [1.165, 1.54) is 72.0 Å². The summed E-state index contributed by atoms with van der Waals surface area (Å²) in [6.07, 6.45) is 14.1. The molecule has 0 N–H and O–H groups in total. The number of aryl methyl sites for hydroxylation is 1. The zero-order valence-corrected chi connectivity index (χ0v) is 21.4. The van der Waals surface area contributed by atoms with Crippen molar-refractivity contribution in [2.24, 2.45) is 23.7 Å². The van der Waals surface area contributed by atoms with Gasteiger partial charge in [0.25, 0.3) is 0 Å². The Morgan fingerprint density at radius 1 is 1.09 bits per heavy atom. The first-order valence-corrected chi connectivity index (χ1v) is 15.1. The van der Waals surface area contributed by atoms with Gasteiger partial charge in [0, 0.05) is 28.8 Å². The quantitative estimate of drug-likeness (QED) is 0.397. The van der Waals surface area contributed by atoms with Gasteiger partial charge in [0.2, 0.25) is 5.91 Å². The van der Waals surface area contributed by atoms with E-state index in [4.69, 9.17) is 9.97 Å². The number of amides is 1. The van der Waals surface area contributed by atoms with Gasteiger partial charge < -0.3 is 4.90 Å². The molecule has 8 rings (SSSR count). The molecule has 3 heterocycles. The highest BCUT2D eigenvalue weighted by molar-refractivity contribution is 8.00. The van der Waals surface area contributed by atoms with Crippen LogP contribution in [0.15, 0.2) is 5.03 Å². The van der Waals surface area contributed by atoms with Gasteiger partial charge in [-0.25, -0.2) is 9.97 Å². The number of thioether (sulfide) groups is 1. The third kappa shape index (κ3) is 3.57. The number of carbonyl (C=O) groups is 1. The first kappa shape index (κ1) is 21.2. The molecule has 2 aromatic heterocycles. The van der Waals surface area contributed by atoms with Gasteiger partial charge in [-0.05, 0) is 99.9 Å². The van der Waals surface area contributed by atoms with E-state index in [9.17, 15) is 4.79 Å². The van der Waals surface area contributed by atoms with Crippen LogP contribution in [0.1, 0.15) is 81.0 Å². The minimum absolute atomic E-state index is 0.203. The Hall–Kier alpha value is -1.14. The van der Waals surface area contributed by atoms with Crippen LogP contribution in [0.3, 0.4) is 0 Å². The topological polar surface area (TPSA) is 46.1 Å². The van der Waals surface area contributed by atoms with E-state index >= 15 is 0 Å². The Kier molecular flexibility index (Phi) is 5.09. The van der Waals surface area contributed by atoms with Crippen LogP contribution in [0.5, 0.6) is 0 Å². The molecule has 1 atom stereocenters. The number of thiophene rings is 1. The van der Waals surface area contributed by atoms with E-state index in [2.05, 4.69) is 11.8 Å². The van der Waals surface area contributed by atoms with Crippen molar-refractivity contribution in [1.82, 2.24) is 14.9 Å². The summed E-state index contributed by atoms with van der Waals surface area (Å²) in [6, 6.07) is 0. The van der Waals surface area contributed by atoms with E-state index in [0.717, 1.165) is 66.9 Å². The first-order chi connectivity index (χ1) is 16.1. The summed E-state index contributed by atoms with van der Waals surface area (Å²) in [5.74, 6) is 5.37. The maximum Gasteiger partial charge on any atom is 0.232 e. The number of likely N-dealkylation sites (tertiary alicyclic amines) is 1. The predicted molar refractivity (Wildman–Crippen MR) is 135 cm³/mol. The highest BCUT2D eigenvalue weighted by Gasteiger charge is 2.53. The predicted octanol–water partition coefficient (Wildman–Crippen LogP) is 6.00. The molecule has 6 aliphatic rings. The maximum atomic E-state index is 12.9. The Balaban J connectivity index is 1.29. The molecular formula is C27H35N3OS2. The van der Waals surface area contributed by atoms with E-state index in [1.807, 2.05) is 11.3 Å². The third-order valence-electron chi connectivity index (χ3n) is 9.43. The second kappa shape index (κ2) is 7.94. The van der Waals surface area contributed by atoms with Crippen molar-refractivity contribution in [3.63, 3.8) is 0 Å². The van der Waals surface area contributed by atoms with Crippen molar-refractivity contribution in [3.05, 3.63) is 16.3 Å². The normalized spacial score (nSPS) is 34.9. The minimum Gasteiger partial charge on any atom is -0.342 e. The smallest absolute Gasteiger partial charge is 0.232 e. The van der Waals surface area contributed by atoms with Gasteiger partial charge in [-0.3, -0.25) is 4.79 Å². The molecule has 5 fully saturated rings. The van der Waals surface area contributed by atoms with Crippen LogP contribution in [-0.4, -0.2) is 39.6 Å². The van der Waals surface area contributed by atoms with Crippen LogP contribution in [0.2, 0.25) is 0 Å². The van der Waals surface area contributed by atoms with Crippen molar-refractivity contribution in [2.45, 2.75) is 88.0 Å². The molecule has 2 aromatic rings. The van der Waals surface area contributed by atoms with Crippen LogP contribution in [0, 0.1) is 23.7 Å². The molecule has 0 radical (unpaired) electrons. The van der Waals surface area contributed by atoms with Crippen molar-refractivity contribution >= 4 is 39.2 Å². The molecule has 4 saturated carbocycles. The molecular weight excluding hydrogens is 446 g/mol. The number of hydrogen-bond acceptors (Lipinski definition) is 5. The molecule has 0 aromatic carbocycles. The Labute approximate surface area is 205 Å². The van der Waals surface area contributed by atoms with Gasteiger partial charge in [0.05, 0.1) is 5.75 Å². The summed E-state index contributed by atoms with van der Waals surface area (Å²) in [6.45, 7) is 4.25. The van der Waals surface area contributed by atoms with Gasteiger partial charge in [0.15, 0.2) is 0 Å². The minimum atomic E-state index is 0.203. The largest absolute Gasteiger partial charge is 0.342 e. The second-order valence-electron chi connectivity index (χ2n) is 12.0. The molecule has 0 spiro atoms. The number of carbonyl (C=O) groups excluding carboxylic acids is 1. The lowest BCUT2D eigenvalue weighted by molar-refractivity contribution is -0.127. The fraction of sp³-hybridized carbons (Fsp3) is 0.741. The number of rotatable bonds is 4. The highest BCUT2D eigenvalue weighted by atomic mass is 32.2. The first-order valence-electron chi connectivity index (χ1n) is 13.3. The van der Waals surface area contributed by atoms with E-state index in [1.54, 1.807) is 11.8 Å². The van der Waals surface area contributed by atoms with Crippen molar-refractivity contribution < 1.29 is 4.79 Å². The molecule has 1 aliphatic heterocycles. The number of hydrogen-bond donors (Lipinski definition) is 0. The standard InChI is InChI=1S/C27H35N3OS2/c1-16-4-5-20-21(8-16)33-25-23(20)24(32-15-22(31)30-6-2-3-7-30)28-26(29-25)27-12-17-9-18(13-27)11-19(10-17)14-27/h16-19H,2-15H2,1H3/t16-,17?,18?,19?,27?/m1/s1. The molecule has 5 aliphatic carbocycles. The molecule has 33 heavy (non-hydrogen) atoms. The molecule has 0 unspecified atom stereocenters. The van der Waals surface area contributed by atoms with Crippen LogP contribution < -0.4 is 0 Å². The molecule has 6 heteroatoms. The van der Waals surface area contributed by atoms with Crippen LogP contribution >= 0.6 is 23.1 Å². The lowest BCUT2D eigenvalue weighted by atomic mass is 9.49. The SMILES string of the molecule is C[C@@H]1CCc2c(sc3nc(C45CC6CC(CC(C6)C4)C5)nc(SCC(=O)N4CCCC4)c23)C1. The van der Waals surface area contributed by atoms with Gasteiger partial charge in [-0.2, -0.15) is 0 Å². The average Bonchev–Trinajstić information content (AvgIpc) is 3.44. The summed E-state index contributed by atoms with van der Waals surface area (Å²) in [7, 11) is 0. The molecule has 4 bridgehead atoms.